The lowest BCUT2D eigenvalue weighted by Gasteiger charge is -2.31. The highest BCUT2D eigenvalue weighted by molar-refractivity contribution is 5.68. The Hall–Kier alpha value is -1.62. The monoisotopic (exact) mass is 319 g/mol. The first-order valence-corrected chi connectivity index (χ1v) is 8.47. The van der Waals surface area contributed by atoms with E-state index in [0.717, 1.165) is 37.9 Å². The minimum Gasteiger partial charge on any atom is -0.444 e. The van der Waals surface area contributed by atoms with E-state index in [1.54, 1.807) is 0 Å². The Morgan fingerprint density at radius 2 is 2.09 bits per heavy atom. The van der Waals surface area contributed by atoms with Crippen molar-refractivity contribution >= 4 is 6.09 Å². The van der Waals surface area contributed by atoms with Gasteiger partial charge in [-0.15, -0.1) is 0 Å². The number of aryl methyl sites for hydroxylation is 1. The van der Waals surface area contributed by atoms with Crippen molar-refractivity contribution in [2.24, 2.45) is 0 Å². The van der Waals surface area contributed by atoms with E-state index in [2.05, 4.69) is 21.7 Å². The van der Waals surface area contributed by atoms with Crippen molar-refractivity contribution in [3.05, 3.63) is 29.6 Å². The number of hydrogen-bond donors (Lipinski definition) is 2. The summed E-state index contributed by atoms with van der Waals surface area (Å²) in [5, 5.41) is 6.60. The number of pyridine rings is 1. The van der Waals surface area contributed by atoms with Crippen LogP contribution < -0.4 is 10.6 Å². The van der Waals surface area contributed by atoms with Gasteiger partial charge in [-0.05, 0) is 65.0 Å². The van der Waals surface area contributed by atoms with Crippen molar-refractivity contribution in [3.8, 4) is 0 Å². The largest absolute Gasteiger partial charge is 0.444 e. The summed E-state index contributed by atoms with van der Waals surface area (Å²) in [6.45, 7) is 8.50. The molecule has 23 heavy (non-hydrogen) atoms. The van der Waals surface area contributed by atoms with Crippen LogP contribution in [0.5, 0.6) is 0 Å². The molecule has 0 spiro atoms. The normalized spacial score (nSPS) is 21.7. The minimum atomic E-state index is -0.450. The summed E-state index contributed by atoms with van der Waals surface area (Å²) in [6, 6.07) is 4.68. The predicted molar refractivity (Wildman–Crippen MR) is 91.2 cm³/mol. The number of carbonyl (C=O) groups excluding carboxylic acids is 1. The summed E-state index contributed by atoms with van der Waals surface area (Å²) in [5.74, 6) is 0. The molecule has 1 saturated carbocycles. The molecule has 1 amide bonds. The molecule has 1 aromatic heterocycles. The third kappa shape index (κ3) is 6.18. The van der Waals surface area contributed by atoms with E-state index in [-0.39, 0.29) is 12.1 Å². The fourth-order valence-corrected chi connectivity index (χ4v) is 2.94. The summed E-state index contributed by atoms with van der Waals surface area (Å²) < 4.78 is 5.34. The fraction of sp³-hybridized carbons (Fsp3) is 0.667. The molecule has 1 aromatic rings. The highest BCUT2D eigenvalue weighted by Gasteiger charge is 2.25. The van der Waals surface area contributed by atoms with E-state index in [0.29, 0.717) is 6.04 Å². The van der Waals surface area contributed by atoms with Crippen molar-refractivity contribution in [2.75, 3.05) is 0 Å². The van der Waals surface area contributed by atoms with Crippen molar-refractivity contribution in [2.45, 2.75) is 77.6 Å². The standard InChI is InChI=1S/C18H29N3O2/c1-13-14(7-6-10-19-13)12-20-15-8-5-9-16(11-15)21-17(22)23-18(2,3)4/h6-7,10,15-16,20H,5,8-9,11-12H2,1-4H3,(H,21,22)/t15-,16-/m0/s1. The lowest BCUT2D eigenvalue weighted by molar-refractivity contribution is 0.0488. The predicted octanol–water partition coefficient (Wildman–Crippen LogP) is 3.32. The Morgan fingerprint density at radius 1 is 1.35 bits per heavy atom. The number of ether oxygens (including phenoxy) is 1. The summed E-state index contributed by atoms with van der Waals surface area (Å²) in [6.07, 6.45) is 5.73. The summed E-state index contributed by atoms with van der Waals surface area (Å²) >= 11 is 0. The van der Waals surface area contributed by atoms with Gasteiger partial charge in [0, 0.05) is 30.5 Å². The van der Waals surface area contributed by atoms with Crippen LogP contribution in [0.4, 0.5) is 4.79 Å². The molecule has 1 heterocycles. The average molecular weight is 319 g/mol. The second kappa shape index (κ2) is 7.77. The second-order valence-corrected chi connectivity index (χ2v) is 7.34. The van der Waals surface area contributed by atoms with Gasteiger partial charge in [0.25, 0.3) is 0 Å². The Morgan fingerprint density at radius 3 is 2.78 bits per heavy atom. The first-order valence-electron chi connectivity index (χ1n) is 8.47. The van der Waals surface area contributed by atoms with Crippen molar-refractivity contribution in [3.63, 3.8) is 0 Å². The third-order valence-corrected chi connectivity index (χ3v) is 4.09. The molecule has 1 aliphatic carbocycles. The maximum Gasteiger partial charge on any atom is 0.407 e. The zero-order chi connectivity index (χ0) is 16.9. The molecule has 2 atom stereocenters. The van der Waals surface area contributed by atoms with Gasteiger partial charge in [-0.3, -0.25) is 4.98 Å². The molecule has 0 radical (unpaired) electrons. The van der Waals surface area contributed by atoms with Crippen molar-refractivity contribution in [1.29, 1.82) is 0 Å². The third-order valence-electron chi connectivity index (χ3n) is 4.09. The van der Waals surface area contributed by atoms with E-state index in [1.165, 1.54) is 5.56 Å². The molecule has 0 unspecified atom stereocenters. The molecular formula is C18H29N3O2. The minimum absolute atomic E-state index is 0.186. The average Bonchev–Trinajstić information content (AvgIpc) is 2.45. The smallest absolute Gasteiger partial charge is 0.407 e. The van der Waals surface area contributed by atoms with Crippen LogP contribution in [-0.2, 0) is 11.3 Å². The van der Waals surface area contributed by atoms with Crippen LogP contribution >= 0.6 is 0 Å². The topological polar surface area (TPSA) is 63.2 Å². The van der Waals surface area contributed by atoms with Crippen LogP contribution in [0.1, 0.15) is 57.7 Å². The number of aromatic nitrogens is 1. The first kappa shape index (κ1) is 17.7. The van der Waals surface area contributed by atoms with E-state index < -0.39 is 5.60 Å². The quantitative estimate of drug-likeness (QED) is 0.893. The van der Waals surface area contributed by atoms with Crippen LogP contribution in [0.3, 0.4) is 0 Å². The maximum absolute atomic E-state index is 11.9. The number of nitrogens with zero attached hydrogens (tertiary/aromatic N) is 1. The van der Waals surface area contributed by atoms with E-state index in [4.69, 9.17) is 4.74 Å². The van der Waals surface area contributed by atoms with Crippen LogP contribution in [0, 0.1) is 6.92 Å². The zero-order valence-electron chi connectivity index (χ0n) is 14.7. The van der Waals surface area contributed by atoms with Crippen LogP contribution in [0.25, 0.3) is 0 Å². The van der Waals surface area contributed by atoms with Gasteiger partial charge in [0.05, 0.1) is 0 Å². The number of carbonyl (C=O) groups is 1. The van der Waals surface area contributed by atoms with Gasteiger partial charge in [0.1, 0.15) is 5.60 Å². The second-order valence-electron chi connectivity index (χ2n) is 7.34. The lowest BCUT2D eigenvalue weighted by Crippen LogP contribution is -2.45. The molecule has 2 N–H and O–H groups in total. The van der Waals surface area contributed by atoms with Gasteiger partial charge in [-0.2, -0.15) is 0 Å². The van der Waals surface area contributed by atoms with Gasteiger partial charge in [-0.25, -0.2) is 4.79 Å². The van der Waals surface area contributed by atoms with Crippen LogP contribution in [-0.4, -0.2) is 28.8 Å². The Kier molecular flexibility index (Phi) is 5.99. The Labute approximate surface area is 139 Å². The van der Waals surface area contributed by atoms with Gasteiger partial charge in [-0.1, -0.05) is 6.07 Å². The Balaban J connectivity index is 1.79. The number of amides is 1. The highest BCUT2D eigenvalue weighted by atomic mass is 16.6. The van der Waals surface area contributed by atoms with Crippen molar-refractivity contribution < 1.29 is 9.53 Å². The molecule has 0 saturated heterocycles. The maximum atomic E-state index is 11.9. The molecule has 1 aliphatic rings. The molecule has 2 rings (SSSR count). The zero-order valence-corrected chi connectivity index (χ0v) is 14.7. The molecule has 5 nitrogen and oxygen atoms in total. The van der Waals surface area contributed by atoms with Gasteiger partial charge in [0.2, 0.25) is 0 Å². The number of rotatable bonds is 4. The number of alkyl carbamates (subject to hydrolysis) is 1. The number of hydrogen-bond acceptors (Lipinski definition) is 4. The van der Waals surface area contributed by atoms with E-state index >= 15 is 0 Å². The Bertz CT molecular complexity index is 525. The molecule has 1 fully saturated rings. The molecule has 0 bridgehead atoms. The summed E-state index contributed by atoms with van der Waals surface area (Å²) in [5.41, 5.74) is 1.85. The molecule has 5 heteroatoms. The van der Waals surface area contributed by atoms with E-state index in [9.17, 15) is 4.79 Å². The summed E-state index contributed by atoms with van der Waals surface area (Å²) in [4.78, 5) is 16.2. The molecule has 0 aliphatic heterocycles. The van der Waals surface area contributed by atoms with E-state index in [1.807, 2.05) is 40.0 Å². The summed E-state index contributed by atoms with van der Waals surface area (Å²) in [7, 11) is 0. The van der Waals surface area contributed by atoms with Gasteiger partial charge >= 0.3 is 6.09 Å². The van der Waals surface area contributed by atoms with Gasteiger partial charge < -0.3 is 15.4 Å². The number of nitrogens with one attached hydrogen (secondary N) is 2. The lowest BCUT2D eigenvalue weighted by atomic mass is 9.91. The SMILES string of the molecule is Cc1ncccc1CN[C@H]1CCC[C@H](NC(=O)OC(C)(C)C)C1. The van der Waals surface area contributed by atoms with Crippen LogP contribution in [0.2, 0.25) is 0 Å². The molecule has 128 valence electrons. The van der Waals surface area contributed by atoms with Crippen LogP contribution in [0.15, 0.2) is 18.3 Å². The molecular weight excluding hydrogens is 290 g/mol. The van der Waals surface area contributed by atoms with Gasteiger partial charge in [0.15, 0.2) is 0 Å². The van der Waals surface area contributed by atoms with Crippen molar-refractivity contribution in [1.82, 2.24) is 15.6 Å². The highest BCUT2D eigenvalue weighted by Crippen LogP contribution is 2.20. The first-order chi connectivity index (χ1) is 10.8. The molecule has 0 aromatic carbocycles. The fourth-order valence-electron chi connectivity index (χ4n) is 2.94.